The summed E-state index contributed by atoms with van der Waals surface area (Å²) in [7, 11) is 0. The molecule has 1 unspecified atom stereocenters. The van der Waals surface area contributed by atoms with E-state index in [1.54, 1.807) is 11.0 Å². The quantitative estimate of drug-likeness (QED) is 0.633. The number of nitro benzene ring substituents is 1. The largest absolute Gasteiger partial charge is 0.338 e. The summed E-state index contributed by atoms with van der Waals surface area (Å²) in [4.78, 5) is 24.7. The van der Waals surface area contributed by atoms with Gasteiger partial charge in [-0.05, 0) is 30.9 Å². The first-order chi connectivity index (χ1) is 9.54. The lowest BCUT2D eigenvalue weighted by atomic mass is 9.95. The number of halogens is 1. The minimum Gasteiger partial charge on any atom is -0.338 e. The molecular weight excluding hydrogens is 280 g/mol. The van der Waals surface area contributed by atoms with Crippen LogP contribution in [-0.4, -0.2) is 28.8 Å². The van der Waals surface area contributed by atoms with E-state index in [2.05, 4.69) is 6.92 Å². The first kappa shape index (κ1) is 14.8. The van der Waals surface area contributed by atoms with Gasteiger partial charge in [0.2, 0.25) is 0 Å². The Hall–Kier alpha value is -1.62. The third kappa shape index (κ3) is 2.93. The summed E-state index contributed by atoms with van der Waals surface area (Å²) in [5, 5.41) is 11.1. The van der Waals surface area contributed by atoms with E-state index in [1.807, 2.05) is 0 Å². The van der Waals surface area contributed by atoms with E-state index in [4.69, 9.17) is 11.6 Å². The van der Waals surface area contributed by atoms with Crippen LogP contribution in [0.3, 0.4) is 0 Å². The highest BCUT2D eigenvalue weighted by Crippen LogP contribution is 2.30. The molecule has 108 valence electrons. The number of nitro groups is 1. The van der Waals surface area contributed by atoms with Crippen LogP contribution in [0.15, 0.2) is 18.2 Å². The molecule has 1 aliphatic rings. The fraction of sp³-hybridized carbons (Fsp3) is 0.500. The molecule has 0 N–H and O–H groups in total. The van der Waals surface area contributed by atoms with Gasteiger partial charge in [0.1, 0.15) is 10.6 Å². The number of hydrogen-bond donors (Lipinski definition) is 0. The Morgan fingerprint density at radius 1 is 1.55 bits per heavy atom. The molecule has 1 fully saturated rings. The van der Waals surface area contributed by atoms with Crippen LogP contribution in [0.4, 0.5) is 5.69 Å². The number of hydrogen-bond acceptors (Lipinski definition) is 3. The second-order valence-electron chi connectivity index (χ2n) is 5.06. The van der Waals surface area contributed by atoms with Gasteiger partial charge in [0.25, 0.3) is 5.91 Å². The topological polar surface area (TPSA) is 63.5 Å². The fourth-order valence-corrected chi connectivity index (χ4v) is 2.87. The Balaban J connectivity index is 2.29. The van der Waals surface area contributed by atoms with Gasteiger partial charge in [-0.1, -0.05) is 31.0 Å². The van der Waals surface area contributed by atoms with Crippen LogP contribution < -0.4 is 0 Å². The Bertz CT molecular complexity index is 533. The Kier molecular flexibility index (Phi) is 4.60. The van der Waals surface area contributed by atoms with Crippen molar-refractivity contribution in [2.45, 2.75) is 26.2 Å². The molecule has 0 radical (unpaired) electrons. The summed E-state index contributed by atoms with van der Waals surface area (Å²) in [5.41, 5.74) is -0.211. The zero-order valence-electron chi connectivity index (χ0n) is 11.3. The average molecular weight is 297 g/mol. The monoisotopic (exact) mass is 296 g/mol. The molecule has 0 spiro atoms. The van der Waals surface area contributed by atoms with Crippen molar-refractivity contribution >= 4 is 23.2 Å². The van der Waals surface area contributed by atoms with E-state index in [0.29, 0.717) is 19.0 Å². The molecule has 1 atom stereocenters. The molecule has 20 heavy (non-hydrogen) atoms. The lowest BCUT2D eigenvalue weighted by molar-refractivity contribution is -0.385. The van der Waals surface area contributed by atoms with Crippen molar-refractivity contribution in [3.05, 3.63) is 38.9 Å². The molecule has 0 bridgehead atoms. The normalized spacial score (nSPS) is 18.9. The third-order valence-corrected chi connectivity index (χ3v) is 4.09. The summed E-state index contributed by atoms with van der Waals surface area (Å²) >= 11 is 5.85. The number of carbonyl (C=O) groups is 1. The van der Waals surface area contributed by atoms with E-state index in [-0.39, 0.29) is 22.2 Å². The maximum absolute atomic E-state index is 12.5. The Morgan fingerprint density at radius 3 is 2.95 bits per heavy atom. The van der Waals surface area contributed by atoms with Gasteiger partial charge in [0.15, 0.2) is 0 Å². The van der Waals surface area contributed by atoms with Gasteiger partial charge in [-0.25, -0.2) is 0 Å². The number of nitrogens with zero attached hydrogens (tertiary/aromatic N) is 2. The molecule has 1 amide bonds. The van der Waals surface area contributed by atoms with Crippen LogP contribution >= 0.6 is 11.6 Å². The summed E-state index contributed by atoms with van der Waals surface area (Å²) in [6, 6.07) is 4.48. The second kappa shape index (κ2) is 6.22. The number of piperidine rings is 1. The third-order valence-electron chi connectivity index (χ3n) is 3.78. The number of likely N-dealkylation sites (tertiary alicyclic amines) is 1. The summed E-state index contributed by atoms with van der Waals surface area (Å²) < 4.78 is 0. The molecule has 1 aromatic carbocycles. The molecule has 1 heterocycles. The van der Waals surface area contributed by atoms with E-state index in [0.717, 1.165) is 19.3 Å². The molecule has 5 nitrogen and oxygen atoms in total. The maximum atomic E-state index is 12.5. The SMILES string of the molecule is CCC1CCCN(C(=O)c2cccc(Cl)c2[N+](=O)[O-])C1. The maximum Gasteiger partial charge on any atom is 0.300 e. The lowest BCUT2D eigenvalue weighted by Crippen LogP contribution is -2.40. The molecule has 0 aromatic heterocycles. The minimum atomic E-state index is -0.586. The summed E-state index contributed by atoms with van der Waals surface area (Å²) in [6.07, 6.45) is 3.07. The Morgan fingerprint density at radius 2 is 2.30 bits per heavy atom. The van der Waals surface area contributed by atoms with Crippen molar-refractivity contribution in [3.8, 4) is 0 Å². The lowest BCUT2D eigenvalue weighted by Gasteiger charge is -2.32. The number of para-hydroxylation sites is 1. The van der Waals surface area contributed by atoms with Crippen molar-refractivity contribution in [1.29, 1.82) is 0 Å². The van der Waals surface area contributed by atoms with E-state index < -0.39 is 4.92 Å². The molecule has 6 heteroatoms. The zero-order chi connectivity index (χ0) is 14.7. The standard InChI is InChI=1S/C14H17ClN2O3/c1-2-10-5-4-8-16(9-10)14(18)11-6-3-7-12(15)13(11)17(19)20/h3,6-7,10H,2,4-5,8-9H2,1H3. The highest BCUT2D eigenvalue weighted by Gasteiger charge is 2.29. The van der Waals surface area contributed by atoms with Crippen molar-refractivity contribution in [2.24, 2.45) is 5.92 Å². The van der Waals surface area contributed by atoms with E-state index in [1.165, 1.54) is 12.1 Å². The molecule has 2 rings (SSSR count). The molecule has 0 aliphatic carbocycles. The van der Waals surface area contributed by atoms with Gasteiger partial charge < -0.3 is 4.90 Å². The van der Waals surface area contributed by atoms with Crippen LogP contribution in [0.2, 0.25) is 5.02 Å². The molecular formula is C14H17ClN2O3. The van der Waals surface area contributed by atoms with Crippen LogP contribution in [0, 0.1) is 16.0 Å². The summed E-state index contributed by atoms with van der Waals surface area (Å²) in [6.45, 7) is 3.42. The average Bonchev–Trinajstić information content (AvgIpc) is 2.45. The molecule has 1 aliphatic heterocycles. The number of carbonyl (C=O) groups excluding carboxylic acids is 1. The van der Waals surface area contributed by atoms with Gasteiger partial charge in [0.05, 0.1) is 4.92 Å². The van der Waals surface area contributed by atoms with Gasteiger partial charge in [-0.3, -0.25) is 14.9 Å². The van der Waals surface area contributed by atoms with Crippen LogP contribution in [-0.2, 0) is 0 Å². The van der Waals surface area contributed by atoms with Crippen molar-refractivity contribution in [1.82, 2.24) is 4.90 Å². The molecule has 1 saturated heterocycles. The van der Waals surface area contributed by atoms with Crippen LogP contribution in [0.5, 0.6) is 0 Å². The first-order valence-electron chi connectivity index (χ1n) is 6.76. The smallest absolute Gasteiger partial charge is 0.300 e. The predicted octanol–water partition coefficient (Wildman–Crippen LogP) is 3.51. The van der Waals surface area contributed by atoms with Crippen molar-refractivity contribution in [3.63, 3.8) is 0 Å². The second-order valence-corrected chi connectivity index (χ2v) is 5.47. The number of rotatable bonds is 3. The molecule has 0 saturated carbocycles. The highest BCUT2D eigenvalue weighted by atomic mass is 35.5. The first-order valence-corrected chi connectivity index (χ1v) is 7.14. The van der Waals surface area contributed by atoms with Crippen molar-refractivity contribution in [2.75, 3.05) is 13.1 Å². The fourth-order valence-electron chi connectivity index (χ4n) is 2.63. The van der Waals surface area contributed by atoms with E-state index >= 15 is 0 Å². The summed E-state index contributed by atoms with van der Waals surface area (Å²) in [5.74, 6) is 0.184. The number of amides is 1. The van der Waals surface area contributed by atoms with E-state index in [9.17, 15) is 14.9 Å². The Labute approximate surface area is 122 Å². The molecule has 1 aromatic rings. The number of benzene rings is 1. The van der Waals surface area contributed by atoms with Gasteiger partial charge in [-0.15, -0.1) is 0 Å². The van der Waals surface area contributed by atoms with Crippen LogP contribution in [0.25, 0.3) is 0 Å². The minimum absolute atomic E-state index is 0.00454. The predicted molar refractivity (Wildman–Crippen MR) is 77.0 cm³/mol. The van der Waals surface area contributed by atoms with Crippen molar-refractivity contribution < 1.29 is 9.72 Å². The van der Waals surface area contributed by atoms with Crippen LogP contribution in [0.1, 0.15) is 36.5 Å². The van der Waals surface area contributed by atoms with Gasteiger partial charge in [-0.2, -0.15) is 0 Å². The van der Waals surface area contributed by atoms with Gasteiger partial charge in [0, 0.05) is 13.1 Å². The highest BCUT2D eigenvalue weighted by molar-refractivity contribution is 6.33. The zero-order valence-corrected chi connectivity index (χ0v) is 12.1. The van der Waals surface area contributed by atoms with Gasteiger partial charge >= 0.3 is 5.69 Å².